The largest absolute Gasteiger partial charge is 0.321 e. The smallest absolute Gasteiger partial charge is 0.266 e. The van der Waals surface area contributed by atoms with Gasteiger partial charge in [0.25, 0.3) is 5.56 Å². The van der Waals surface area contributed by atoms with Crippen molar-refractivity contribution in [2.75, 3.05) is 0 Å². The lowest BCUT2D eigenvalue weighted by Crippen LogP contribution is -2.20. The van der Waals surface area contributed by atoms with Crippen LogP contribution in [0.15, 0.2) is 35.1 Å². The zero-order valence-electron chi connectivity index (χ0n) is 10.6. The third-order valence-corrected chi connectivity index (χ3v) is 3.71. The fourth-order valence-electron chi connectivity index (χ4n) is 2.82. The van der Waals surface area contributed by atoms with E-state index in [4.69, 9.17) is 5.26 Å². The molecule has 3 rings (SSSR count). The van der Waals surface area contributed by atoms with Crippen LogP contribution in [-0.2, 0) is 12.8 Å². The van der Waals surface area contributed by atoms with Gasteiger partial charge in [-0.05, 0) is 42.4 Å². The van der Waals surface area contributed by atoms with Gasteiger partial charge in [-0.25, -0.2) is 0 Å². The molecule has 0 atom stereocenters. The van der Waals surface area contributed by atoms with Crippen molar-refractivity contribution >= 4 is 0 Å². The Balaban J connectivity index is 2.30. The average Bonchev–Trinajstić information content (AvgIpc) is 2.47. The lowest BCUT2D eigenvalue weighted by atomic mass is 9.90. The minimum Gasteiger partial charge on any atom is -0.321 e. The first-order valence-electron chi connectivity index (χ1n) is 6.55. The van der Waals surface area contributed by atoms with Crippen LogP contribution < -0.4 is 5.56 Å². The number of nitrogens with zero attached hydrogens (tertiary/aromatic N) is 1. The van der Waals surface area contributed by atoms with Crippen molar-refractivity contribution in [2.24, 2.45) is 0 Å². The topological polar surface area (TPSA) is 56.6 Å². The molecule has 3 heteroatoms. The molecule has 0 bridgehead atoms. The van der Waals surface area contributed by atoms with Crippen LogP contribution in [0.5, 0.6) is 0 Å². The predicted octanol–water partition coefficient (Wildman–Crippen LogP) is 2.79. The number of nitrogens with one attached hydrogen (secondary N) is 1. The fraction of sp³-hybridized carbons (Fsp3) is 0.250. The monoisotopic (exact) mass is 251 g/mol. The van der Waals surface area contributed by atoms with Crippen molar-refractivity contribution < 1.29 is 0 Å². The Labute approximate surface area is 111 Å². The van der Waals surface area contributed by atoms with Crippen LogP contribution in [0.2, 0.25) is 0 Å². The number of nitriles is 1. The predicted molar refractivity (Wildman–Crippen MR) is 73.9 cm³/mol. The van der Waals surface area contributed by atoms with Crippen molar-refractivity contribution in [3.05, 3.63) is 57.4 Å². The number of rotatable bonds is 1. The molecular weight excluding hydrogens is 237 g/mol. The Morgan fingerprint density at radius 3 is 2.42 bits per heavy atom. The van der Waals surface area contributed by atoms with E-state index in [1.54, 1.807) is 0 Å². The summed E-state index contributed by atoms with van der Waals surface area (Å²) in [5, 5.41) is 9.17. The van der Waals surface area contributed by atoms with E-state index in [0.717, 1.165) is 48.1 Å². The van der Waals surface area contributed by atoms with Crippen LogP contribution in [0.25, 0.3) is 11.3 Å². The first-order chi connectivity index (χ1) is 9.31. The lowest BCUT2D eigenvalue weighted by Gasteiger charge is -2.20. The summed E-state index contributed by atoms with van der Waals surface area (Å²) in [6.45, 7) is 0. The third-order valence-electron chi connectivity index (χ3n) is 3.71. The van der Waals surface area contributed by atoms with E-state index < -0.39 is 0 Å². The van der Waals surface area contributed by atoms with Gasteiger partial charge in [0.2, 0.25) is 0 Å². The Kier molecular flexibility index (Phi) is 2.92. The van der Waals surface area contributed by atoms with Gasteiger partial charge in [-0.3, -0.25) is 4.79 Å². The summed E-state index contributed by atoms with van der Waals surface area (Å²) in [7, 11) is 0. The summed E-state index contributed by atoms with van der Waals surface area (Å²) in [6.07, 6.45) is 3.94. The van der Waals surface area contributed by atoms with Crippen molar-refractivity contribution in [1.82, 2.24) is 4.98 Å². The maximum absolute atomic E-state index is 12.0. The Morgan fingerprint density at radius 1 is 1.05 bits per heavy atom. The molecule has 94 valence electrons. The summed E-state index contributed by atoms with van der Waals surface area (Å²) >= 11 is 0. The first kappa shape index (κ1) is 11.7. The van der Waals surface area contributed by atoms with Gasteiger partial charge in [-0.1, -0.05) is 30.3 Å². The van der Waals surface area contributed by atoms with Gasteiger partial charge in [0, 0.05) is 0 Å². The van der Waals surface area contributed by atoms with Crippen molar-refractivity contribution in [2.45, 2.75) is 25.7 Å². The average molecular weight is 251 g/mol. The zero-order valence-corrected chi connectivity index (χ0v) is 10.6. The number of fused-ring (bicyclic) bond motifs is 1. The molecule has 0 aliphatic heterocycles. The van der Waals surface area contributed by atoms with Crippen LogP contribution >= 0.6 is 0 Å². The number of hydrogen-bond acceptors (Lipinski definition) is 2. The molecule has 3 nitrogen and oxygen atoms in total. The summed E-state index contributed by atoms with van der Waals surface area (Å²) < 4.78 is 0. The standard InChI is InChI=1S/C16H14N2O/c17-10-14-12-8-4-5-9-13(12)15(18-16(14)19)11-6-2-1-3-7-11/h1-3,6-7H,4-5,8-9H2,(H,18,19)/i14+1. The summed E-state index contributed by atoms with van der Waals surface area (Å²) in [6, 6.07) is 11.9. The number of H-pyrrole nitrogens is 1. The summed E-state index contributed by atoms with van der Waals surface area (Å²) in [4.78, 5) is 14.9. The summed E-state index contributed by atoms with van der Waals surface area (Å²) in [5.74, 6) is 0. The zero-order chi connectivity index (χ0) is 13.2. The lowest BCUT2D eigenvalue weighted by molar-refractivity contribution is 0.680. The fourth-order valence-corrected chi connectivity index (χ4v) is 2.82. The van der Waals surface area contributed by atoms with E-state index in [9.17, 15) is 4.79 Å². The number of aromatic nitrogens is 1. The molecule has 1 aromatic heterocycles. The molecule has 0 saturated carbocycles. The highest BCUT2D eigenvalue weighted by molar-refractivity contribution is 5.66. The molecule has 1 heterocycles. The first-order valence-corrected chi connectivity index (χ1v) is 6.55. The highest BCUT2D eigenvalue weighted by Crippen LogP contribution is 2.30. The van der Waals surface area contributed by atoms with E-state index >= 15 is 0 Å². The molecular formula is C16H14N2O. The van der Waals surface area contributed by atoms with E-state index in [1.165, 1.54) is 0 Å². The SMILES string of the molecule is N#C[13c]1c2c(c(-c3ccccc3)[nH]c1=O)CCCC2. The van der Waals surface area contributed by atoms with Crippen molar-refractivity contribution in [1.29, 1.82) is 5.26 Å². The van der Waals surface area contributed by atoms with Crippen LogP contribution in [0.1, 0.15) is 29.5 Å². The molecule has 0 fully saturated rings. The van der Waals surface area contributed by atoms with Crippen LogP contribution in [-0.4, -0.2) is 4.98 Å². The van der Waals surface area contributed by atoms with Gasteiger partial charge in [-0.2, -0.15) is 5.26 Å². The molecule has 1 aliphatic rings. The molecule has 0 spiro atoms. The normalized spacial score (nSPS) is 13.6. The van der Waals surface area contributed by atoms with Gasteiger partial charge < -0.3 is 4.98 Å². The Morgan fingerprint density at radius 2 is 1.74 bits per heavy atom. The number of benzene rings is 1. The van der Waals surface area contributed by atoms with Gasteiger partial charge in [0.05, 0.1) is 5.69 Å². The second-order valence-corrected chi connectivity index (χ2v) is 4.85. The Bertz CT molecular complexity index is 708. The van der Waals surface area contributed by atoms with E-state index in [0.29, 0.717) is 5.56 Å². The molecule has 1 aromatic carbocycles. The van der Waals surface area contributed by atoms with Gasteiger partial charge >= 0.3 is 0 Å². The third kappa shape index (κ3) is 1.96. The molecule has 19 heavy (non-hydrogen) atoms. The second-order valence-electron chi connectivity index (χ2n) is 4.85. The van der Waals surface area contributed by atoms with E-state index in [-0.39, 0.29) is 5.56 Å². The molecule has 1 N–H and O–H groups in total. The maximum Gasteiger partial charge on any atom is 0.266 e. The van der Waals surface area contributed by atoms with Gasteiger partial charge in [0.1, 0.15) is 11.6 Å². The highest BCUT2D eigenvalue weighted by atomic mass is 16.1. The highest BCUT2D eigenvalue weighted by Gasteiger charge is 2.20. The quantitative estimate of drug-likeness (QED) is 0.847. The molecule has 1 aliphatic carbocycles. The van der Waals surface area contributed by atoms with Crippen molar-refractivity contribution in [3.63, 3.8) is 0 Å². The minimum absolute atomic E-state index is 0.262. The molecule has 0 amide bonds. The van der Waals surface area contributed by atoms with Gasteiger partial charge in [-0.15, -0.1) is 0 Å². The summed E-state index contributed by atoms with van der Waals surface area (Å²) in [5.41, 5.74) is 4.04. The van der Waals surface area contributed by atoms with Crippen LogP contribution in [0.4, 0.5) is 0 Å². The van der Waals surface area contributed by atoms with E-state index in [2.05, 4.69) is 11.1 Å². The molecule has 0 radical (unpaired) electrons. The second kappa shape index (κ2) is 4.74. The Hall–Kier alpha value is -2.34. The minimum atomic E-state index is -0.262. The number of pyridine rings is 1. The maximum atomic E-state index is 12.0. The molecule has 2 aromatic rings. The number of hydrogen-bond donors (Lipinski definition) is 1. The molecule has 0 unspecified atom stereocenters. The van der Waals surface area contributed by atoms with Crippen LogP contribution in [0.3, 0.4) is 0 Å². The molecule has 0 saturated heterocycles. The number of aromatic amines is 1. The van der Waals surface area contributed by atoms with E-state index in [1.807, 2.05) is 30.3 Å². The van der Waals surface area contributed by atoms with Crippen LogP contribution in [0, 0.1) is 11.3 Å². The van der Waals surface area contributed by atoms with Gasteiger partial charge in [0.15, 0.2) is 0 Å². The van der Waals surface area contributed by atoms with Crippen molar-refractivity contribution in [3.8, 4) is 17.3 Å².